The first-order valence-electron chi connectivity index (χ1n) is 7.49. The molecule has 0 saturated carbocycles. The lowest BCUT2D eigenvalue weighted by Gasteiger charge is -2.17. The predicted molar refractivity (Wildman–Crippen MR) is 91.2 cm³/mol. The predicted octanol–water partition coefficient (Wildman–Crippen LogP) is 3.53. The van der Waals surface area contributed by atoms with E-state index in [2.05, 4.69) is 60.4 Å². The molecule has 22 heavy (non-hydrogen) atoms. The molecule has 1 atom stereocenters. The molecule has 0 spiro atoms. The SMILES string of the molecule is CC1C(=Nc2nn(C)c3ccccc23)c2ccccc2N1C. The van der Waals surface area contributed by atoms with Gasteiger partial charge in [-0.3, -0.25) is 4.68 Å². The number of hydrogen-bond acceptors (Lipinski definition) is 3. The number of fused-ring (bicyclic) bond motifs is 2. The molecule has 110 valence electrons. The second kappa shape index (κ2) is 4.70. The fourth-order valence-corrected chi connectivity index (χ4v) is 3.16. The zero-order chi connectivity index (χ0) is 15.3. The van der Waals surface area contributed by atoms with Gasteiger partial charge in [-0.05, 0) is 25.1 Å². The molecule has 0 radical (unpaired) electrons. The largest absolute Gasteiger partial charge is 0.366 e. The molecule has 0 fully saturated rings. The highest BCUT2D eigenvalue weighted by Crippen LogP contribution is 2.33. The minimum atomic E-state index is 0.248. The van der Waals surface area contributed by atoms with Gasteiger partial charge in [-0.15, -0.1) is 0 Å². The average Bonchev–Trinajstić information content (AvgIpc) is 2.99. The second-order valence-electron chi connectivity index (χ2n) is 5.77. The van der Waals surface area contributed by atoms with Gasteiger partial charge in [0.15, 0.2) is 5.82 Å². The Balaban J connectivity index is 1.92. The zero-order valence-corrected chi connectivity index (χ0v) is 13.0. The third-order valence-electron chi connectivity index (χ3n) is 4.50. The van der Waals surface area contributed by atoms with Gasteiger partial charge in [0, 0.05) is 30.7 Å². The molecule has 0 bridgehead atoms. The Bertz CT molecular complexity index is 891. The summed E-state index contributed by atoms with van der Waals surface area (Å²) in [5.74, 6) is 0.796. The summed E-state index contributed by atoms with van der Waals surface area (Å²) in [5, 5.41) is 5.69. The number of aromatic nitrogens is 2. The number of likely N-dealkylation sites (N-methyl/N-ethyl adjacent to an activating group) is 1. The average molecular weight is 290 g/mol. The zero-order valence-electron chi connectivity index (χ0n) is 13.0. The fraction of sp³-hybridized carbons (Fsp3) is 0.222. The van der Waals surface area contributed by atoms with Crippen molar-refractivity contribution >= 4 is 28.1 Å². The summed E-state index contributed by atoms with van der Waals surface area (Å²) in [6.45, 7) is 2.18. The van der Waals surface area contributed by atoms with E-state index in [4.69, 9.17) is 4.99 Å². The molecule has 1 aliphatic rings. The summed E-state index contributed by atoms with van der Waals surface area (Å²) in [7, 11) is 4.08. The van der Waals surface area contributed by atoms with Crippen molar-refractivity contribution in [2.24, 2.45) is 12.0 Å². The number of benzene rings is 2. The van der Waals surface area contributed by atoms with Crippen molar-refractivity contribution < 1.29 is 0 Å². The number of hydrogen-bond donors (Lipinski definition) is 0. The number of nitrogens with zero attached hydrogens (tertiary/aromatic N) is 4. The van der Waals surface area contributed by atoms with Gasteiger partial charge in [-0.25, -0.2) is 4.99 Å². The maximum absolute atomic E-state index is 4.92. The van der Waals surface area contributed by atoms with Crippen LogP contribution in [0.5, 0.6) is 0 Å². The van der Waals surface area contributed by atoms with Crippen LogP contribution < -0.4 is 4.90 Å². The van der Waals surface area contributed by atoms with Crippen LogP contribution in [0.25, 0.3) is 10.9 Å². The molecule has 0 N–H and O–H groups in total. The second-order valence-corrected chi connectivity index (χ2v) is 5.77. The van der Waals surface area contributed by atoms with Gasteiger partial charge in [0.2, 0.25) is 0 Å². The van der Waals surface area contributed by atoms with Gasteiger partial charge in [0.1, 0.15) is 0 Å². The van der Waals surface area contributed by atoms with E-state index in [9.17, 15) is 0 Å². The van der Waals surface area contributed by atoms with E-state index in [1.54, 1.807) is 0 Å². The van der Waals surface area contributed by atoms with Crippen LogP contribution in [0.2, 0.25) is 0 Å². The maximum Gasteiger partial charge on any atom is 0.182 e. The molecule has 3 aromatic rings. The van der Waals surface area contributed by atoms with Gasteiger partial charge >= 0.3 is 0 Å². The highest BCUT2D eigenvalue weighted by molar-refractivity contribution is 6.15. The molecule has 2 aromatic carbocycles. The van der Waals surface area contributed by atoms with Crippen molar-refractivity contribution in [1.82, 2.24) is 9.78 Å². The molecule has 0 aliphatic carbocycles. The summed E-state index contributed by atoms with van der Waals surface area (Å²) in [4.78, 5) is 7.19. The Labute approximate surface area is 129 Å². The third-order valence-corrected chi connectivity index (χ3v) is 4.50. The number of aryl methyl sites for hydroxylation is 1. The number of rotatable bonds is 1. The molecule has 4 heteroatoms. The first-order chi connectivity index (χ1) is 10.7. The van der Waals surface area contributed by atoms with Crippen molar-refractivity contribution in [2.75, 3.05) is 11.9 Å². The van der Waals surface area contributed by atoms with E-state index in [1.165, 1.54) is 11.3 Å². The first-order valence-corrected chi connectivity index (χ1v) is 7.49. The van der Waals surface area contributed by atoms with E-state index in [0.29, 0.717) is 0 Å². The Morgan fingerprint density at radius 2 is 1.73 bits per heavy atom. The molecule has 0 saturated heterocycles. The van der Waals surface area contributed by atoms with E-state index in [1.807, 2.05) is 23.9 Å². The van der Waals surface area contributed by atoms with Crippen molar-refractivity contribution in [3.8, 4) is 0 Å². The molecule has 1 unspecified atom stereocenters. The standard InChI is InChI=1S/C18H18N4/c1-12-17(13-8-4-6-10-15(13)21(12)2)19-18-14-9-5-7-11-16(14)22(3)20-18/h4-12H,1-3H3. The monoisotopic (exact) mass is 290 g/mol. The first kappa shape index (κ1) is 13.1. The summed E-state index contributed by atoms with van der Waals surface area (Å²) in [6.07, 6.45) is 0. The summed E-state index contributed by atoms with van der Waals surface area (Å²) in [5.41, 5.74) is 4.62. The van der Waals surface area contributed by atoms with Gasteiger partial charge in [-0.2, -0.15) is 5.10 Å². The number of aliphatic imine (C=N–C) groups is 1. The molecule has 4 nitrogen and oxygen atoms in total. The molecule has 2 heterocycles. The van der Waals surface area contributed by atoms with Gasteiger partial charge in [-0.1, -0.05) is 30.3 Å². The fourth-order valence-electron chi connectivity index (χ4n) is 3.16. The van der Waals surface area contributed by atoms with Crippen LogP contribution in [0.15, 0.2) is 53.5 Å². The Kier molecular flexibility index (Phi) is 2.79. The van der Waals surface area contributed by atoms with E-state index in [0.717, 1.165) is 22.4 Å². The summed E-state index contributed by atoms with van der Waals surface area (Å²) < 4.78 is 1.89. The van der Waals surface area contributed by atoms with Gasteiger partial charge in [0.05, 0.1) is 17.3 Å². The van der Waals surface area contributed by atoms with Crippen molar-refractivity contribution in [3.63, 3.8) is 0 Å². The van der Waals surface area contributed by atoms with Gasteiger partial charge < -0.3 is 4.90 Å². The lowest BCUT2D eigenvalue weighted by Crippen LogP contribution is -2.28. The van der Waals surface area contributed by atoms with Crippen molar-refractivity contribution in [3.05, 3.63) is 54.1 Å². The topological polar surface area (TPSA) is 33.4 Å². The Morgan fingerprint density at radius 1 is 1.00 bits per heavy atom. The van der Waals surface area contributed by atoms with Crippen molar-refractivity contribution in [2.45, 2.75) is 13.0 Å². The van der Waals surface area contributed by atoms with Crippen LogP contribution in [0.1, 0.15) is 12.5 Å². The van der Waals surface area contributed by atoms with E-state index >= 15 is 0 Å². The maximum atomic E-state index is 4.92. The normalized spacial score (nSPS) is 19.1. The Hall–Kier alpha value is -2.62. The van der Waals surface area contributed by atoms with Crippen molar-refractivity contribution in [1.29, 1.82) is 0 Å². The minimum Gasteiger partial charge on any atom is -0.366 e. The number of para-hydroxylation sites is 2. The summed E-state index contributed by atoms with van der Waals surface area (Å²) >= 11 is 0. The highest BCUT2D eigenvalue weighted by atomic mass is 15.3. The molecule has 1 aliphatic heterocycles. The molecule has 1 aromatic heterocycles. The smallest absolute Gasteiger partial charge is 0.182 e. The Morgan fingerprint density at radius 3 is 2.59 bits per heavy atom. The van der Waals surface area contributed by atoms with Crippen LogP contribution in [0.3, 0.4) is 0 Å². The van der Waals surface area contributed by atoms with Crippen LogP contribution >= 0.6 is 0 Å². The van der Waals surface area contributed by atoms with Crippen LogP contribution in [0.4, 0.5) is 11.5 Å². The lowest BCUT2D eigenvalue weighted by molar-refractivity contribution is 0.797. The molecule has 4 rings (SSSR count). The summed E-state index contributed by atoms with van der Waals surface area (Å²) in [6, 6.07) is 16.9. The lowest BCUT2D eigenvalue weighted by atomic mass is 10.1. The third kappa shape index (κ3) is 1.77. The molecular weight excluding hydrogens is 272 g/mol. The van der Waals surface area contributed by atoms with E-state index < -0.39 is 0 Å². The van der Waals surface area contributed by atoms with Crippen LogP contribution in [-0.4, -0.2) is 28.6 Å². The molecular formula is C18H18N4. The van der Waals surface area contributed by atoms with E-state index in [-0.39, 0.29) is 6.04 Å². The van der Waals surface area contributed by atoms with Crippen LogP contribution in [-0.2, 0) is 7.05 Å². The minimum absolute atomic E-state index is 0.248. The number of anilines is 1. The highest BCUT2D eigenvalue weighted by Gasteiger charge is 2.29. The van der Waals surface area contributed by atoms with Gasteiger partial charge in [0.25, 0.3) is 0 Å². The van der Waals surface area contributed by atoms with Crippen LogP contribution in [0, 0.1) is 0 Å². The quantitative estimate of drug-likeness (QED) is 0.687. The molecule has 0 amide bonds.